The van der Waals surface area contributed by atoms with Crippen LogP contribution in [0.2, 0.25) is 0 Å². The number of halogens is 1. The van der Waals surface area contributed by atoms with Crippen molar-refractivity contribution in [1.29, 1.82) is 0 Å². The molecule has 21 heavy (non-hydrogen) atoms. The van der Waals surface area contributed by atoms with Crippen molar-refractivity contribution in [1.82, 2.24) is 4.98 Å². The second-order valence-electron chi connectivity index (χ2n) is 4.38. The van der Waals surface area contributed by atoms with Crippen LogP contribution in [0.25, 0.3) is 0 Å². The van der Waals surface area contributed by atoms with Crippen LogP contribution in [-0.2, 0) is 6.54 Å². The van der Waals surface area contributed by atoms with Crippen LogP contribution in [0.3, 0.4) is 0 Å². The molecule has 1 heterocycles. The molecule has 6 heteroatoms. The van der Waals surface area contributed by atoms with E-state index < -0.39 is 0 Å². The lowest BCUT2D eigenvalue weighted by Crippen LogP contribution is -2.04. The van der Waals surface area contributed by atoms with E-state index in [2.05, 4.69) is 33.2 Å². The minimum Gasteiger partial charge on any atom is -0.490 e. The molecule has 2 aromatic rings. The first-order valence-electron chi connectivity index (χ1n) is 6.96. The van der Waals surface area contributed by atoms with Crippen LogP contribution in [0, 0.1) is 0 Å². The van der Waals surface area contributed by atoms with Gasteiger partial charge in [0.2, 0.25) is 0 Å². The van der Waals surface area contributed by atoms with E-state index in [1.807, 2.05) is 24.4 Å². The van der Waals surface area contributed by atoms with Crippen LogP contribution in [0.15, 0.2) is 28.2 Å². The van der Waals surface area contributed by atoms with E-state index in [0.717, 1.165) is 33.1 Å². The Morgan fingerprint density at radius 3 is 2.81 bits per heavy atom. The van der Waals surface area contributed by atoms with E-state index in [1.165, 1.54) is 0 Å². The molecular weight excluding hydrogens is 352 g/mol. The van der Waals surface area contributed by atoms with Gasteiger partial charge in [0.15, 0.2) is 16.6 Å². The van der Waals surface area contributed by atoms with Crippen LogP contribution in [0.4, 0.5) is 5.13 Å². The molecule has 0 saturated carbocycles. The van der Waals surface area contributed by atoms with E-state index >= 15 is 0 Å². The summed E-state index contributed by atoms with van der Waals surface area (Å²) in [4.78, 5) is 4.21. The molecule has 0 aliphatic rings. The first-order valence-corrected chi connectivity index (χ1v) is 8.63. The zero-order valence-corrected chi connectivity index (χ0v) is 14.6. The molecule has 0 saturated heterocycles. The van der Waals surface area contributed by atoms with Crippen LogP contribution >= 0.6 is 27.3 Å². The fraction of sp³-hybridized carbons (Fsp3) is 0.400. The number of thiazole rings is 1. The van der Waals surface area contributed by atoms with E-state index in [1.54, 1.807) is 17.5 Å². The molecule has 1 aromatic heterocycles. The summed E-state index contributed by atoms with van der Waals surface area (Å²) in [7, 11) is 0. The predicted octanol–water partition coefficient (Wildman–Crippen LogP) is 4.71. The van der Waals surface area contributed by atoms with Crippen molar-refractivity contribution in [3.05, 3.63) is 33.7 Å². The number of hydrogen-bond acceptors (Lipinski definition) is 5. The molecule has 0 fully saturated rings. The topological polar surface area (TPSA) is 43.4 Å². The van der Waals surface area contributed by atoms with Crippen molar-refractivity contribution in [3.63, 3.8) is 0 Å². The smallest absolute Gasteiger partial charge is 0.182 e. The van der Waals surface area contributed by atoms with Crippen LogP contribution < -0.4 is 14.8 Å². The Bertz CT molecular complexity index is 561. The Morgan fingerprint density at radius 2 is 2.14 bits per heavy atom. The molecule has 114 valence electrons. The van der Waals surface area contributed by atoms with E-state index in [9.17, 15) is 0 Å². The van der Waals surface area contributed by atoms with Crippen LogP contribution in [-0.4, -0.2) is 18.2 Å². The minimum absolute atomic E-state index is 0.609. The number of benzene rings is 1. The van der Waals surface area contributed by atoms with Crippen molar-refractivity contribution in [2.45, 2.75) is 26.8 Å². The largest absolute Gasteiger partial charge is 0.490 e. The third-order valence-corrected chi connectivity index (χ3v) is 4.02. The average molecular weight is 371 g/mol. The van der Waals surface area contributed by atoms with Crippen molar-refractivity contribution >= 4 is 32.4 Å². The van der Waals surface area contributed by atoms with Gasteiger partial charge < -0.3 is 14.8 Å². The molecule has 1 aromatic carbocycles. The number of ether oxygens (including phenoxy) is 2. The third kappa shape index (κ3) is 4.61. The molecule has 0 aliphatic carbocycles. The second-order valence-corrected chi connectivity index (χ2v) is 6.13. The second kappa shape index (κ2) is 8.24. The Morgan fingerprint density at radius 1 is 1.29 bits per heavy atom. The number of aromatic nitrogens is 1. The molecule has 1 N–H and O–H groups in total. The molecule has 0 amide bonds. The fourth-order valence-corrected chi connectivity index (χ4v) is 2.95. The first-order chi connectivity index (χ1) is 10.2. The Labute approximate surface area is 137 Å². The Hall–Kier alpha value is -1.27. The molecule has 4 nitrogen and oxygen atoms in total. The minimum atomic E-state index is 0.609. The van der Waals surface area contributed by atoms with Crippen molar-refractivity contribution in [3.8, 4) is 11.5 Å². The van der Waals surface area contributed by atoms with Crippen LogP contribution in [0.1, 0.15) is 25.8 Å². The first kappa shape index (κ1) is 16.1. The number of nitrogens with one attached hydrogen (secondary N) is 1. The summed E-state index contributed by atoms with van der Waals surface area (Å²) < 4.78 is 12.4. The van der Waals surface area contributed by atoms with E-state index in [0.29, 0.717) is 19.8 Å². The van der Waals surface area contributed by atoms with Crippen molar-refractivity contribution in [2.24, 2.45) is 0 Å². The van der Waals surface area contributed by atoms with Gasteiger partial charge in [0.25, 0.3) is 0 Å². The molecule has 0 aliphatic heterocycles. The van der Waals surface area contributed by atoms with Crippen molar-refractivity contribution in [2.75, 3.05) is 18.5 Å². The van der Waals surface area contributed by atoms with Gasteiger partial charge in [0, 0.05) is 18.1 Å². The normalized spacial score (nSPS) is 10.4. The monoisotopic (exact) mass is 370 g/mol. The van der Waals surface area contributed by atoms with Gasteiger partial charge in [-0.05, 0) is 47.0 Å². The highest BCUT2D eigenvalue weighted by Crippen LogP contribution is 2.37. The molecule has 2 rings (SSSR count). The van der Waals surface area contributed by atoms with Gasteiger partial charge in [-0.25, -0.2) is 4.98 Å². The number of hydrogen-bond donors (Lipinski definition) is 1. The lowest BCUT2D eigenvalue weighted by molar-refractivity contribution is 0.275. The molecule has 0 radical (unpaired) electrons. The van der Waals surface area contributed by atoms with Crippen molar-refractivity contribution < 1.29 is 9.47 Å². The number of nitrogens with zero attached hydrogens (tertiary/aromatic N) is 1. The maximum Gasteiger partial charge on any atom is 0.182 e. The standard InChI is InChI=1S/C15H19BrN2O2S/c1-3-6-20-14-12(16)8-11(9-13(14)19-4-2)10-18-15-17-5-7-21-15/h5,7-9H,3-4,6,10H2,1-2H3,(H,17,18). The third-order valence-electron chi connectivity index (χ3n) is 2.70. The zero-order valence-electron chi connectivity index (χ0n) is 12.2. The maximum atomic E-state index is 5.77. The molecule has 0 bridgehead atoms. The summed E-state index contributed by atoms with van der Waals surface area (Å²) in [5.74, 6) is 1.55. The van der Waals surface area contributed by atoms with E-state index in [4.69, 9.17) is 9.47 Å². The lowest BCUT2D eigenvalue weighted by atomic mass is 10.2. The van der Waals surface area contributed by atoms with E-state index in [-0.39, 0.29) is 0 Å². The average Bonchev–Trinajstić information content (AvgIpc) is 2.98. The van der Waals surface area contributed by atoms with Gasteiger partial charge in [0.05, 0.1) is 17.7 Å². The Kier molecular flexibility index (Phi) is 6.32. The number of anilines is 1. The molecule has 0 spiro atoms. The highest BCUT2D eigenvalue weighted by atomic mass is 79.9. The quantitative estimate of drug-likeness (QED) is 0.730. The summed E-state index contributed by atoms with van der Waals surface area (Å²) in [6.07, 6.45) is 2.75. The summed E-state index contributed by atoms with van der Waals surface area (Å²) in [5, 5.41) is 6.15. The summed E-state index contributed by atoms with van der Waals surface area (Å²) in [6.45, 7) is 6.03. The van der Waals surface area contributed by atoms with Gasteiger partial charge in [-0.1, -0.05) is 6.92 Å². The lowest BCUT2D eigenvalue weighted by Gasteiger charge is -2.15. The Balaban J connectivity index is 2.14. The predicted molar refractivity (Wildman–Crippen MR) is 90.5 cm³/mol. The highest BCUT2D eigenvalue weighted by Gasteiger charge is 2.12. The summed E-state index contributed by atoms with van der Waals surface area (Å²) in [6, 6.07) is 4.06. The summed E-state index contributed by atoms with van der Waals surface area (Å²) in [5.41, 5.74) is 1.12. The SMILES string of the molecule is CCCOc1c(Br)cc(CNc2nccs2)cc1OCC. The van der Waals surface area contributed by atoms with Crippen LogP contribution in [0.5, 0.6) is 11.5 Å². The maximum absolute atomic E-state index is 5.77. The molecular formula is C15H19BrN2O2S. The van der Waals surface area contributed by atoms with Gasteiger partial charge in [0.1, 0.15) is 0 Å². The van der Waals surface area contributed by atoms with Gasteiger partial charge >= 0.3 is 0 Å². The summed E-state index contributed by atoms with van der Waals surface area (Å²) >= 11 is 5.16. The van der Waals surface area contributed by atoms with Gasteiger partial charge in [-0.3, -0.25) is 0 Å². The fourth-order valence-electron chi connectivity index (χ4n) is 1.82. The van der Waals surface area contributed by atoms with Gasteiger partial charge in [-0.15, -0.1) is 11.3 Å². The van der Waals surface area contributed by atoms with Gasteiger partial charge in [-0.2, -0.15) is 0 Å². The highest BCUT2D eigenvalue weighted by molar-refractivity contribution is 9.10. The molecule has 0 atom stereocenters. The zero-order chi connectivity index (χ0) is 15.1. The number of rotatable bonds is 8. The molecule has 0 unspecified atom stereocenters.